The van der Waals surface area contributed by atoms with Gasteiger partial charge in [0.1, 0.15) is 5.03 Å². The van der Waals surface area contributed by atoms with E-state index in [1.807, 2.05) is 13.2 Å². The van der Waals surface area contributed by atoms with E-state index >= 15 is 0 Å². The van der Waals surface area contributed by atoms with Gasteiger partial charge in [0.25, 0.3) is 5.91 Å². The smallest absolute Gasteiger partial charge is 0.305 e. The highest BCUT2D eigenvalue weighted by atomic mass is 32.2. The van der Waals surface area contributed by atoms with Crippen LogP contribution in [0.25, 0.3) is 0 Å². The van der Waals surface area contributed by atoms with Gasteiger partial charge < -0.3 is 10.0 Å². The molecule has 6 heteroatoms. The van der Waals surface area contributed by atoms with E-state index in [0.717, 1.165) is 0 Å². The van der Waals surface area contributed by atoms with E-state index in [1.165, 1.54) is 16.7 Å². The zero-order valence-electron chi connectivity index (χ0n) is 10.4. The third-order valence-corrected chi connectivity index (χ3v) is 3.17. The summed E-state index contributed by atoms with van der Waals surface area (Å²) in [7, 11) is 0. The van der Waals surface area contributed by atoms with E-state index in [0.29, 0.717) is 17.1 Å². The van der Waals surface area contributed by atoms with E-state index in [-0.39, 0.29) is 18.9 Å². The molecule has 0 saturated heterocycles. The number of thioether (sulfide) groups is 1. The van der Waals surface area contributed by atoms with Crippen LogP contribution in [0.4, 0.5) is 0 Å². The number of nitrogens with zero attached hydrogens (tertiary/aromatic N) is 2. The maximum Gasteiger partial charge on any atom is 0.305 e. The summed E-state index contributed by atoms with van der Waals surface area (Å²) in [5.74, 6) is -1.08. The quantitative estimate of drug-likeness (QED) is 0.796. The minimum Gasteiger partial charge on any atom is -0.481 e. The molecule has 98 valence electrons. The lowest BCUT2D eigenvalue weighted by Crippen LogP contribution is -2.33. The van der Waals surface area contributed by atoms with E-state index < -0.39 is 5.97 Å². The highest BCUT2D eigenvalue weighted by molar-refractivity contribution is 7.98. The Morgan fingerprint density at radius 3 is 2.78 bits per heavy atom. The Kier molecular flexibility index (Phi) is 5.64. The SMILES string of the molecule is CCN(CCC(=O)O)C(=O)c1cccnc1SC. The topological polar surface area (TPSA) is 70.5 Å². The molecule has 1 heterocycles. The standard InChI is InChI=1S/C12H16N2O3S/c1-3-14(8-6-10(15)16)12(17)9-5-4-7-13-11(9)18-2/h4-5,7H,3,6,8H2,1-2H3,(H,15,16). The molecule has 0 atom stereocenters. The minimum absolute atomic E-state index is 0.0472. The van der Waals surface area contributed by atoms with Gasteiger partial charge >= 0.3 is 5.97 Å². The van der Waals surface area contributed by atoms with Crippen LogP contribution in [0.2, 0.25) is 0 Å². The van der Waals surface area contributed by atoms with Crippen molar-refractivity contribution in [3.8, 4) is 0 Å². The molecule has 0 radical (unpaired) electrons. The second kappa shape index (κ2) is 7.00. The van der Waals surface area contributed by atoms with Crippen LogP contribution in [0.15, 0.2) is 23.4 Å². The van der Waals surface area contributed by atoms with Gasteiger partial charge in [-0.05, 0) is 25.3 Å². The summed E-state index contributed by atoms with van der Waals surface area (Å²) in [6.07, 6.45) is 3.44. The zero-order valence-corrected chi connectivity index (χ0v) is 11.2. The molecule has 18 heavy (non-hydrogen) atoms. The van der Waals surface area contributed by atoms with Gasteiger partial charge in [0.2, 0.25) is 0 Å². The van der Waals surface area contributed by atoms with Crippen LogP contribution >= 0.6 is 11.8 Å². The molecule has 0 saturated carbocycles. The molecule has 0 aliphatic rings. The van der Waals surface area contributed by atoms with Crippen LogP contribution < -0.4 is 0 Å². The first-order chi connectivity index (χ1) is 8.60. The molecular weight excluding hydrogens is 252 g/mol. The second-order valence-electron chi connectivity index (χ2n) is 3.59. The van der Waals surface area contributed by atoms with E-state index in [4.69, 9.17) is 5.11 Å². The number of carboxylic acid groups (broad SMARTS) is 1. The van der Waals surface area contributed by atoms with Gasteiger partial charge in [-0.25, -0.2) is 4.98 Å². The Labute approximate surface area is 110 Å². The number of carbonyl (C=O) groups is 2. The first-order valence-electron chi connectivity index (χ1n) is 5.60. The van der Waals surface area contributed by atoms with Gasteiger partial charge in [-0.3, -0.25) is 9.59 Å². The summed E-state index contributed by atoms with van der Waals surface area (Å²) in [4.78, 5) is 28.4. The van der Waals surface area contributed by atoms with Crippen molar-refractivity contribution in [1.82, 2.24) is 9.88 Å². The molecule has 0 aliphatic heterocycles. The lowest BCUT2D eigenvalue weighted by molar-refractivity contribution is -0.137. The average Bonchev–Trinajstić information content (AvgIpc) is 2.38. The summed E-state index contributed by atoms with van der Waals surface area (Å²) in [6, 6.07) is 3.42. The molecule has 0 unspecified atom stereocenters. The highest BCUT2D eigenvalue weighted by Gasteiger charge is 2.18. The summed E-state index contributed by atoms with van der Waals surface area (Å²) in [5.41, 5.74) is 0.525. The van der Waals surface area contributed by atoms with Crippen molar-refractivity contribution < 1.29 is 14.7 Å². The first-order valence-corrected chi connectivity index (χ1v) is 6.82. The van der Waals surface area contributed by atoms with Crippen molar-refractivity contribution >= 4 is 23.6 Å². The van der Waals surface area contributed by atoms with Crippen molar-refractivity contribution in [2.75, 3.05) is 19.3 Å². The third kappa shape index (κ3) is 3.73. The van der Waals surface area contributed by atoms with Crippen molar-refractivity contribution in [3.05, 3.63) is 23.9 Å². The number of pyridine rings is 1. The summed E-state index contributed by atoms with van der Waals surface area (Å²) in [5, 5.41) is 9.32. The number of aliphatic carboxylic acids is 1. The van der Waals surface area contributed by atoms with Crippen molar-refractivity contribution in [2.45, 2.75) is 18.4 Å². The van der Waals surface area contributed by atoms with Gasteiger partial charge in [-0.2, -0.15) is 0 Å². The first kappa shape index (κ1) is 14.5. The Hall–Kier alpha value is -1.56. The highest BCUT2D eigenvalue weighted by Crippen LogP contribution is 2.18. The zero-order chi connectivity index (χ0) is 13.5. The van der Waals surface area contributed by atoms with E-state index in [9.17, 15) is 9.59 Å². The van der Waals surface area contributed by atoms with Crippen molar-refractivity contribution in [3.63, 3.8) is 0 Å². The van der Waals surface area contributed by atoms with E-state index in [1.54, 1.807) is 18.3 Å². The molecule has 0 fully saturated rings. The maximum absolute atomic E-state index is 12.2. The number of rotatable bonds is 6. The monoisotopic (exact) mass is 268 g/mol. The van der Waals surface area contributed by atoms with Crippen LogP contribution in [-0.2, 0) is 4.79 Å². The third-order valence-electron chi connectivity index (χ3n) is 2.46. The van der Waals surface area contributed by atoms with Gasteiger partial charge in [0.05, 0.1) is 12.0 Å². The van der Waals surface area contributed by atoms with Crippen LogP contribution in [0, 0.1) is 0 Å². The Balaban J connectivity index is 2.86. The molecule has 1 aromatic rings. The number of amides is 1. The maximum atomic E-state index is 12.2. The minimum atomic E-state index is -0.905. The van der Waals surface area contributed by atoms with Crippen LogP contribution in [0.1, 0.15) is 23.7 Å². The molecule has 0 bridgehead atoms. The normalized spacial score (nSPS) is 10.1. The Morgan fingerprint density at radius 2 is 2.22 bits per heavy atom. The molecule has 0 aliphatic carbocycles. The fraction of sp³-hybridized carbons (Fsp3) is 0.417. The molecule has 1 N–H and O–H groups in total. The largest absolute Gasteiger partial charge is 0.481 e. The predicted molar refractivity (Wildman–Crippen MR) is 69.8 cm³/mol. The summed E-state index contributed by atoms with van der Waals surface area (Å²) in [6.45, 7) is 2.52. The van der Waals surface area contributed by atoms with Crippen LogP contribution in [-0.4, -0.2) is 46.2 Å². The molecule has 1 aromatic heterocycles. The lowest BCUT2D eigenvalue weighted by Gasteiger charge is -2.20. The summed E-state index contributed by atoms with van der Waals surface area (Å²) < 4.78 is 0. The van der Waals surface area contributed by atoms with Crippen LogP contribution in [0.5, 0.6) is 0 Å². The average molecular weight is 268 g/mol. The number of aromatic nitrogens is 1. The molecule has 0 aromatic carbocycles. The Bertz CT molecular complexity index is 437. The van der Waals surface area contributed by atoms with Crippen molar-refractivity contribution in [1.29, 1.82) is 0 Å². The molecular formula is C12H16N2O3S. The summed E-state index contributed by atoms with van der Waals surface area (Å²) >= 11 is 1.40. The number of carbonyl (C=O) groups excluding carboxylic acids is 1. The Morgan fingerprint density at radius 1 is 1.50 bits per heavy atom. The molecule has 1 rings (SSSR count). The number of hydrogen-bond acceptors (Lipinski definition) is 4. The van der Waals surface area contributed by atoms with Gasteiger partial charge in [0, 0.05) is 19.3 Å². The van der Waals surface area contributed by atoms with Crippen LogP contribution in [0.3, 0.4) is 0 Å². The van der Waals surface area contributed by atoms with E-state index in [2.05, 4.69) is 4.98 Å². The molecule has 1 amide bonds. The fourth-order valence-corrected chi connectivity index (χ4v) is 2.06. The van der Waals surface area contributed by atoms with Gasteiger partial charge in [-0.15, -0.1) is 11.8 Å². The number of carboxylic acids is 1. The van der Waals surface area contributed by atoms with Crippen molar-refractivity contribution in [2.24, 2.45) is 0 Å². The number of hydrogen-bond donors (Lipinski definition) is 1. The van der Waals surface area contributed by atoms with Gasteiger partial charge in [-0.1, -0.05) is 0 Å². The lowest BCUT2D eigenvalue weighted by atomic mass is 10.2. The second-order valence-corrected chi connectivity index (χ2v) is 4.38. The molecule has 5 nitrogen and oxygen atoms in total. The molecule has 0 spiro atoms. The predicted octanol–water partition coefficient (Wildman–Crippen LogP) is 1.74. The fourth-order valence-electron chi connectivity index (χ4n) is 1.52. The van der Waals surface area contributed by atoms with Gasteiger partial charge in [0.15, 0.2) is 0 Å².